The molecule has 5 rings (SSSR count). The quantitative estimate of drug-likeness (QED) is 0.641. The first-order valence-corrected chi connectivity index (χ1v) is 12.7. The zero-order chi connectivity index (χ0) is 23.1. The molecule has 7 nitrogen and oxygen atoms in total. The van der Waals surface area contributed by atoms with Crippen LogP contribution < -0.4 is 15.1 Å². The molecule has 2 aromatic heterocycles. The minimum Gasteiger partial charge on any atom is -0.370 e. The van der Waals surface area contributed by atoms with Gasteiger partial charge in [-0.2, -0.15) is 4.98 Å². The van der Waals surface area contributed by atoms with Crippen LogP contribution in [0.25, 0.3) is 0 Å². The van der Waals surface area contributed by atoms with Crippen LogP contribution in [0.4, 0.5) is 26.2 Å². The van der Waals surface area contributed by atoms with Gasteiger partial charge in [0.15, 0.2) is 5.69 Å². The lowest BCUT2D eigenvalue weighted by Crippen LogP contribution is -2.39. The van der Waals surface area contributed by atoms with Gasteiger partial charge in [0, 0.05) is 56.3 Å². The van der Waals surface area contributed by atoms with E-state index >= 15 is 0 Å². The molecule has 176 valence electrons. The highest BCUT2D eigenvalue weighted by atomic mass is 32.2. The van der Waals surface area contributed by atoms with Crippen molar-refractivity contribution in [3.8, 4) is 0 Å². The molecule has 2 aliphatic heterocycles. The number of aromatic nitrogens is 3. The average molecular weight is 475 g/mol. The number of carbonyl (C=O) groups excluding carboxylic acids is 1. The Labute approximate surface area is 196 Å². The highest BCUT2D eigenvalue weighted by Crippen LogP contribution is 2.54. The van der Waals surface area contributed by atoms with Gasteiger partial charge in [-0.3, -0.25) is 10.1 Å². The molecule has 1 amide bonds. The number of anilines is 3. The van der Waals surface area contributed by atoms with Gasteiger partial charge < -0.3 is 9.80 Å². The number of halogens is 2. The Bertz CT molecular complexity index is 1030. The summed E-state index contributed by atoms with van der Waals surface area (Å²) < 4.78 is 27.0. The molecular weight excluding hydrogens is 446 g/mol. The fourth-order valence-corrected chi connectivity index (χ4v) is 5.06. The van der Waals surface area contributed by atoms with Crippen LogP contribution in [0.3, 0.4) is 0 Å². The molecule has 4 heterocycles. The maximum absolute atomic E-state index is 13.5. The number of pyridine rings is 1. The van der Waals surface area contributed by atoms with E-state index in [1.54, 1.807) is 28.9 Å². The third kappa shape index (κ3) is 4.90. The van der Waals surface area contributed by atoms with Crippen LogP contribution in [0.15, 0.2) is 29.4 Å². The van der Waals surface area contributed by atoms with E-state index in [0.29, 0.717) is 16.9 Å². The molecule has 33 heavy (non-hydrogen) atoms. The van der Waals surface area contributed by atoms with Crippen molar-refractivity contribution in [2.24, 2.45) is 5.41 Å². The van der Waals surface area contributed by atoms with Crippen molar-refractivity contribution in [1.29, 1.82) is 0 Å². The lowest BCUT2D eigenvalue weighted by Gasteiger charge is -2.34. The summed E-state index contributed by atoms with van der Waals surface area (Å²) in [4.78, 5) is 31.3. The van der Waals surface area contributed by atoms with Crippen LogP contribution in [0.1, 0.15) is 49.0 Å². The molecule has 2 aromatic rings. The summed E-state index contributed by atoms with van der Waals surface area (Å²) in [5, 5.41) is 2.77. The first-order chi connectivity index (χ1) is 15.9. The number of hydrogen-bond acceptors (Lipinski definition) is 7. The smallest absolute Gasteiger partial charge is 0.278 e. The van der Waals surface area contributed by atoms with Gasteiger partial charge in [-0.25, -0.2) is 18.7 Å². The minimum atomic E-state index is -2.63. The normalized spacial score (nSPS) is 21.2. The molecular formula is C23H28F2N6OS. The van der Waals surface area contributed by atoms with Crippen LogP contribution in [0.2, 0.25) is 0 Å². The summed E-state index contributed by atoms with van der Waals surface area (Å²) in [7, 11) is 0. The van der Waals surface area contributed by atoms with E-state index in [-0.39, 0.29) is 37.8 Å². The fraction of sp³-hybridized carbons (Fsp3) is 0.565. The number of thioether (sulfide) groups is 1. The van der Waals surface area contributed by atoms with Crippen molar-refractivity contribution in [3.63, 3.8) is 0 Å². The predicted molar refractivity (Wildman–Crippen MR) is 126 cm³/mol. The van der Waals surface area contributed by atoms with Gasteiger partial charge in [-0.15, -0.1) is 11.8 Å². The number of alkyl halides is 2. The standard InChI is InChI=1S/C23H28F2N6OS/c1-33-16-14-17(30-10-5-22(3-4-22)6-11-30)19(27-15-16)20(32)29-21-26-9-2-18(28-21)31-12-7-23(24,25)8-13-31/h2,9,14-15H,3-8,10-13H2,1H3,(H,26,28,29,32). The van der Waals surface area contributed by atoms with E-state index in [2.05, 4.69) is 25.2 Å². The molecule has 0 radical (unpaired) electrons. The van der Waals surface area contributed by atoms with E-state index in [9.17, 15) is 13.6 Å². The second-order valence-corrected chi connectivity index (χ2v) is 10.1. The lowest BCUT2D eigenvalue weighted by atomic mass is 9.93. The molecule has 3 fully saturated rings. The molecule has 1 spiro atoms. The topological polar surface area (TPSA) is 74.2 Å². The van der Waals surface area contributed by atoms with Gasteiger partial charge in [-0.1, -0.05) is 0 Å². The summed E-state index contributed by atoms with van der Waals surface area (Å²) in [6.07, 6.45) is 9.77. The number of nitrogens with zero attached hydrogens (tertiary/aromatic N) is 5. The molecule has 1 aliphatic carbocycles. The van der Waals surface area contributed by atoms with Crippen molar-refractivity contribution < 1.29 is 13.6 Å². The molecule has 3 aliphatic rings. The van der Waals surface area contributed by atoms with Crippen LogP contribution in [-0.2, 0) is 0 Å². The van der Waals surface area contributed by atoms with Gasteiger partial charge in [-0.05, 0) is 49.5 Å². The Hall–Kier alpha value is -2.49. The molecule has 0 atom stereocenters. The number of rotatable bonds is 5. The van der Waals surface area contributed by atoms with E-state index < -0.39 is 5.92 Å². The SMILES string of the molecule is CSc1cnc(C(=O)Nc2nccc(N3CCC(F)(F)CC3)n2)c(N2CCC3(CC2)CC3)c1. The molecule has 1 saturated carbocycles. The maximum atomic E-state index is 13.5. The summed E-state index contributed by atoms with van der Waals surface area (Å²) in [5.74, 6) is -2.31. The fourth-order valence-electron chi connectivity index (χ4n) is 4.67. The summed E-state index contributed by atoms with van der Waals surface area (Å²) in [5.41, 5.74) is 1.73. The van der Waals surface area contributed by atoms with Crippen LogP contribution in [0.5, 0.6) is 0 Å². The first kappa shape index (κ1) is 22.3. The van der Waals surface area contributed by atoms with Crippen molar-refractivity contribution >= 4 is 35.1 Å². The Morgan fingerprint density at radius 1 is 1.03 bits per heavy atom. The van der Waals surface area contributed by atoms with Crippen LogP contribution in [-0.4, -0.2) is 59.2 Å². The Kier molecular flexibility index (Phi) is 5.88. The highest BCUT2D eigenvalue weighted by Gasteiger charge is 2.44. The summed E-state index contributed by atoms with van der Waals surface area (Å²) in [6.45, 7) is 2.28. The van der Waals surface area contributed by atoms with E-state index in [1.807, 2.05) is 12.3 Å². The van der Waals surface area contributed by atoms with Gasteiger partial charge in [0.25, 0.3) is 11.8 Å². The van der Waals surface area contributed by atoms with Gasteiger partial charge in [0.05, 0.1) is 5.69 Å². The van der Waals surface area contributed by atoms with Gasteiger partial charge >= 0.3 is 0 Å². The van der Waals surface area contributed by atoms with Gasteiger partial charge in [0.2, 0.25) is 5.95 Å². The molecule has 1 N–H and O–H groups in total. The van der Waals surface area contributed by atoms with E-state index in [0.717, 1.165) is 36.5 Å². The zero-order valence-electron chi connectivity index (χ0n) is 18.7. The molecule has 10 heteroatoms. The number of carbonyl (C=O) groups is 1. The average Bonchev–Trinajstić information content (AvgIpc) is 3.58. The second-order valence-electron chi connectivity index (χ2n) is 9.27. The molecule has 2 saturated heterocycles. The Morgan fingerprint density at radius 2 is 1.73 bits per heavy atom. The summed E-state index contributed by atoms with van der Waals surface area (Å²) in [6, 6.07) is 3.71. The first-order valence-electron chi connectivity index (χ1n) is 11.4. The number of nitrogens with one attached hydrogen (secondary N) is 1. The molecule has 0 aromatic carbocycles. The van der Waals surface area contributed by atoms with E-state index in [1.165, 1.54) is 19.0 Å². The van der Waals surface area contributed by atoms with Crippen molar-refractivity contribution in [3.05, 3.63) is 30.2 Å². The van der Waals surface area contributed by atoms with E-state index in [4.69, 9.17) is 0 Å². The third-order valence-electron chi connectivity index (χ3n) is 7.10. The van der Waals surface area contributed by atoms with Crippen LogP contribution in [0, 0.1) is 5.41 Å². The second kappa shape index (κ2) is 8.70. The third-order valence-corrected chi connectivity index (χ3v) is 7.79. The Balaban J connectivity index is 1.32. The van der Waals surface area contributed by atoms with Crippen LogP contribution >= 0.6 is 11.8 Å². The molecule has 0 unspecified atom stereocenters. The maximum Gasteiger partial charge on any atom is 0.278 e. The van der Waals surface area contributed by atoms with Crippen molar-refractivity contribution in [2.45, 2.75) is 49.3 Å². The van der Waals surface area contributed by atoms with Gasteiger partial charge in [0.1, 0.15) is 5.82 Å². The Morgan fingerprint density at radius 3 is 2.39 bits per heavy atom. The minimum absolute atomic E-state index is 0.145. The van der Waals surface area contributed by atoms with Crippen molar-refractivity contribution in [1.82, 2.24) is 15.0 Å². The number of amides is 1. The molecule has 0 bridgehead atoms. The number of hydrogen-bond donors (Lipinski definition) is 1. The van der Waals surface area contributed by atoms with Crippen molar-refractivity contribution in [2.75, 3.05) is 47.6 Å². The largest absolute Gasteiger partial charge is 0.370 e. The highest BCUT2D eigenvalue weighted by molar-refractivity contribution is 7.98. The lowest BCUT2D eigenvalue weighted by molar-refractivity contribution is -0.0221. The predicted octanol–water partition coefficient (Wildman–Crippen LogP) is 4.46. The summed E-state index contributed by atoms with van der Waals surface area (Å²) >= 11 is 1.60. The number of piperidine rings is 2. The monoisotopic (exact) mass is 474 g/mol. The zero-order valence-corrected chi connectivity index (χ0v) is 19.5.